The third kappa shape index (κ3) is 6.29. The number of hydrogen-bond donors (Lipinski definition) is 3. The Morgan fingerprint density at radius 1 is 1.16 bits per heavy atom. The summed E-state index contributed by atoms with van der Waals surface area (Å²) in [5.41, 5.74) is 0.948. The van der Waals surface area contributed by atoms with Gasteiger partial charge in [-0.3, -0.25) is 4.98 Å². The Balaban J connectivity index is 1.78. The van der Waals surface area contributed by atoms with E-state index in [0.29, 0.717) is 18.9 Å². The fourth-order valence-electron chi connectivity index (χ4n) is 2.28. The number of amides is 2. The van der Waals surface area contributed by atoms with E-state index in [0.717, 1.165) is 11.3 Å². The van der Waals surface area contributed by atoms with Gasteiger partial charge in [-0.15, -0.1) is 0 Å². The van der Waals surface area contributed by atoms with Crippen LogP contribution < -0.4 is 20.7 Å². The van der Waals surface area contributed by atoms with E-state index in [2.05, 4.69) is 25.9 Å². The zero-order valence-corrected chi connectivity index (χ0v) is 14.8. The second-order valence-electron chi connectivity index (χ2n) is 5.84. The lowest BCUT2D eigenvalue weighted by Crippen LogP contribution is -2.39. The molecule has 1 aromatic carbocycles. The van der Waals surface area contributed by atoms with Crippen molar-refractivity contribution >= 4 is 11.8 Å². The fraction of sp³-hybridized carbons (Fsp3) is 0.389. The summed E-state index contributed by atoms with van der Waals surface area (Å²) in [6.45, 7) is 6.92. The zero-order chi connectivity index (χ0) is 18.1. The first kappa shape index (κ1) is 18.5. The van der Waals surface area contributed by atoms with Crippen molar-refractivity contribution in [2.24, 2.45) is 0 Å². The van der Waals surface area contributed by atoms with Gasteiger partial charge in [-0.1, -0.05) is 18.2 Å². The number of hydrogen-bond acceptors (Lipinski definition) is 5. The predicted octanol–water partition coefficient (Wildman–Crippen LogP) is 2.74. The summed E-state index contributed by atoms with van der Waals surface area (Å²) >= 11 is 0. The highest BCUT2D eigenvalue weighted by Gasteiger charge is 2.14. The molecule has 0 unspecified atom stereocenters. The Hall–Kier alpha value is -2.83. The van der Waals surface area contributed by atoms with E-state index in [1.165, 1.54) is 0 Å². The topological polar surface area (TPSA) is 88.2 Å². The van der Waals surface area contributed by atoms with Gasteiger partial charge in [0.1, 0.15) is 11.6 Å². The third-order valence-electron chi connectivity index (χ3n) is 3.38. The van der Waals surface area contributed by atoms with E-state index < -0.39 is 0 Å². The van der Waals surface area contributed by atoms with Gasteiger partial charge in [0.25, 0.3) is 0 Å². The summed E-state index contributed by atoms with van der Waals surface area (Å²) in [4.78, 5) is 20.1. The van der Waals surface area contributed by atoms with Gasteiger partial charge >= 0.3 is 6.03 Å². The monoisotopic (exact) mass is 343 g/mol. The molecule has 0 radical (unpaired) electrons. The molecule has 0 saturated carbocycles. The quantitative estimate of drug-likeness (QED) is 0.642. The van der Waals surface area contributed by atoms with Gasteiger partial charge in [-0.2, -0.15) is 0 Å². The summed E-state index contributed by atoms with van der Waals surface area (Å²) in [5.74, 6) is 1.47. The largest absolute Gasteiger partial charge is 0.491 e. The number of aromatic nitrogens is 2. The maximum Gasteiger partial charge on any atom is 0.315 e. The molecule has 1 atom stereocenters. The molecule has 7 heteroatoms. The van der Waals surface area contributed by atoms with Crippen LogP contribution in [0.15, 0.2) is 42.9 Å². The van der Waals surface area contributed by atoms with E-state index in [-0.39, 0.29) is 18.2 Å². The van der Waals surface area contributed by atoms with Crippen LogP contribution in [-0.4, -0.2) is 35.2 Å². The van der Waals surface area contributed by atoms with Crippen molar-refractivity contribution < 1.29 is 9.53 Å². The number of nitrogens with one attached hydrogen (secondary N) is 3. The number of urea groups is 1. The minimum absolute atomic E-state index is 0.0781. The first-order valence-corrected chi connectivity index (χ1v) is 8.36. The average molecular weight is 343 g/mol. The minimum atomic E-state index is -0.229. The molecule has 0 aliphatic heterocycles. The molecule has 2 rings (SSSR count). The molecule has 7 nitrogen and oxygen atoms in total. The van der Waals surface area contributed by atoms with Crippen molar-refractivity contribution in [3.63, 3.8) is 0 Å². The van der Waals surface area contributed by atoms with Crippen LogP contribution in [0, 0.1) is 0 Å². The number of benzene rings is 1. The molecule has 2 amide bonds. The molecule has 1 aromatic heterocycles. The van der Waals surface area contributed by atoms with Gasteiger partial charge in [-0.05, 0) is 26.8 Å². The van der Waals surface area contributed by atoms with Crippen LogP contribution >= 0.6 is 0 Å². The Morgan fingerprint density at radius 3 is 2.68 bits per heavy atom. The van der Waals surface area contributed by atoms with Crippen molar-refractivity contribution in [3.05, 3.63) is 48.4 Å². The lowest BCUT2D eigenvalue weighted by Gasteiger charge is -2.20. The predicted molar refractivity (Wildman–Crippen MR) is 97.7 cm³/mol. The molecular weight excluding hydrogens is 318 g/mol. The second-order valence-corrected chi connectivity index (χ2v) is 5.84. The van der Waals surface area contributed by atoms with E-state index >= 15 is 0 Å². The summed E-state index contributed by atoms with van der Waals surface area (Å²) in [6.07, 6.45) is 4.93. The molecule has 0 aliphatic carbocycles. The van der Waals surface area contributed by atoms with E-state index in [4.69, 9.17) is 4.74 Å². The van der Waals surface area contributed by atoms with Crippen LogP contribution in [0.5, 0.6) is 5.75 Å². The van der Waals surface area contributed by atoms with Crippen molar-refractivity contribution in [3.8, 4) is 5.75 Å². The minimum Gasteiger partial charge on any atom is -0.491 e. The molecule has 1 heterocycles. The Labute approximate surface area is 148 Å². The lowest BCUT2D eigenvalue weighted by molar-refractivity contribution is 0.232. The van der Waals surface area contributed by atoms with E-state index in [9.17, 15) is 4.79 Å². The van der Waals surface area contributed by atoms with Crippen LogP contribution in [0.4, 0.5) is 10.6 Å². The number of nitrogens with zero attached hydrogens (tertiary/aromatic N) is 2. The second kappa shape index (κ2) is 9.46. The molecule has 3 N–H and O–H groups in total. The van der Waals surface area contributed by atoms with Gasteiger partial charge < -0.3 is 20.7 Å². The number of ether oxygens (including phenoxy) is 1. The highest BCUT2D eigenvalue weighted by molar-refractivity contribution is 5.74. The number of carbonyl (C=O) groups is 1. The summed E-state index contributed by atoms with van der Waals surface area (Å²) in [5, 5.41) is 8.81. The molecular formula is C18H25N5O2. The Bertz CT molecular complexity index is 664. The maximum atomic E-state index is 12.1. The van der Waals surface area contributed by atoms with Crippen molar-refractivity contribution in [2.45, 2.75) is 32.9 Å². The van der Waals surface area contributed by atoms with Crippen LogP contribution in [0.25, 0.3) is 0 Å². The van der Waals surface area contributed by atoms with Crippen LogP contribution in [0.2, 0.25) is 0 Å². The number of rotatable bonds is 8. The molecule has 0 saturated heterocycles. The van der Waals surface area contributed by atoms with Crippen LogP contribution in [0.1, 0.15) is 32.4 Å². The van der Waals surface area contributed by atoms with Crippen LogP contribution in [-0.2, 0) is 0 Å². The van der Waals surface area contributed by atoms with E-state index in [1.54, 1.807) is 18.6 Å². The zero-order valence-electron chi connectivity index (χ0n) is 14.8. The SMILES string of the molecule is CC(C)Oc1ccccc1[C@@H](C)NC(=O)NCCNc1cnccn1. The third-order valence-corrected chi connectivity index (χ3v) is 3.38. The van der Waals surface area contributed by atoms with Gasteiger partial charge in [-0.25, -0.2) is 9.78 Å². The fourth-order valence-corrected chi connectivity index (χ4v) is 2.28. The normalized spacial score (nSPS) is 11.7. The van der Waals surface area contributed by atoms with Gasteiger partial charge in [0.2, 0.25) is 0 Å². The summed E-state index contributed by atoms with van der Waals surface area (Å²) < 4.78 is 5.80. The summed E-state index contributed by atoms with van der Waals surface area (Å²) in [6, 6.07) is 7.33. The molecule has 25 heavy (non-hydrogen) atoms. The average Bonchev–Trinajstić information content (AvgIpc) is 2.59. The van der Waals surface area contributed by atoms with Crippen molar-refractivity contribution in [1.29, 1.82) is 0 Å². The Kier molecular flexibility index (Phi) is 7.00. The molecule has 134 valence electrons. The smallest absolute Gasteiger partial charge is 0.315 e. The first-order chi connectivity index (χ1) is 12.1. The van der Waals surface area contributed by atoms with Crippen LogP contribution in [0.3, 0.4) is 0 Å². The van der Waals surface area contributed by atoms with Gasteiger partial charge in [0.05, 0.1) is 18.3 Å². The lowest BCUT2D eigenvalue weighted by atomic mass is 10.1. The van der Waals surface area contributed by atoms with Crippen molar-refractivity contribution in [2.75, 3.05) is 18.4 Å². The standard InChI is InChI=1S/C18H25N5O2/c1-13(2)25-16-7-5-4-6-15(16)14(3)23-18(24)22-11-10-21-17-12-19-8-9-20-17/h4-9,12-14H,10-11H2,1-3H3,(H,20,21)(H2,22,23,24)/t14-/m1/s1. The molecule has 0 bridgehead atoms. The van der Waals surface area contributed by atoms with E-state index in [1.807, 2.05) is 45.0 Å². The Morgan fingerprint density at radius 2 is 1.96 bits per heavy atom. The highest BCUT2D eigenvalue weighted by Crippen LogP contribution is 2.25. The van der Waals surface area contributed by atoms with Gasteiger partial charge in [0.15, 0.2) is 0 Å². The molecule has 0 spiro atoms. The summed E-state index contributed by atoms with van der Waals surface area (Å²) in [7, 11) is 0. The number of carbonyl (C=O) groups excluding carboxylic acids is 1. The molecule has 2 aromatic rings. The number of para-hydroxylation sites is 1. The maximum absolute atomic E-state index is 12.1. The first-order valence-electron chi connectivity index (χ1n) is 8.36. The molecule has 0 fully saturated rings. The number of anilines is 1. The van der Waals surface area contributed by atoms with Crippen molar-refractivity contribution in [1.82, 2.24) is 20.6 Å². The molecule has 0 aliphatic rings. The van der Waals surface area contributed by atoms with Gasteiger partial charge in [0, 0.05) is 31.0 Å². The highest BCUT2D eigenvalue weighted by atomic mass is 16.5.